The number of nitrogens with zero attached hydrogens (tertiary/aromatic N) is 2. The molecular weight excluding hydrogens is 1130 g/mol. The number of nitrogens with two attached hydrogens (primary N) is 2. The van der Waals surface area contributed by atoms with E-state index in [1.54, 1.807) is 69.2 Å². The van der Waals surface area contributed by atoms with Crippen LogP contribution in [0.5, 0.6) is 0 Å². The molecule has 2 heterocycles. The number of rotatable bonds is 36. The Hall–Kier alpha value is -7.05. The van der Waals surface area contributed by atoms with Gasteiger partial charge in [0, 0.05) is 19.5 Å². The molecule has 0 spiro atoms. The average Bonchev–Trinajstić information content (AvgIpc) is 2.13. The highest BCUT2D eigenvalue weighted by Crippen LogP contribution is 2.26. The summed E-state index contributed by atoms with van der Waals surface area (Å²) in [5, 5.41) is 62.0. The lowest BCUT2D eigenvalue weighted by atomic mass is 9.99. The van der Waals surface area contributed by atoms with E-state index in [0.29, 0.717) is 12.8 Å². The molecule has 0 bridgehead atoms. The number of aliphatic hydroxyl groups is 3. The Kier molecular flexibility index (Phi) is 31.6. The van der Waals surface area contributed by atoms with Crippen LogP contribution in [-0.4, -0.2) is 212 Å². The van der Waals surface area contributed by atoms with Crippen molar-refractivity contribution in [2.75, 3.05) is 32.8 Å². The number of amides is 12. The third-order valence-electron chi connectivity index (χ3n) is 14.5. The van der Waals surface area contributed by atoms with Crippen molar-refractivity contribution < 1.29 is 82.8 Å². The van der Waals surface area contributed by atoms with Gasteiger partial charge in [-0.05, 0) is 94.3 Å². The number of carbonyl (C=O) groups is 13. The maximum absolute atomic E-state index is 14.2. The van der Waals surface area contributed by atoms with E-state index in [4.69, 9.17) is 11.5 Å². The smallest absolute Gasteiger partial charge is 0.328 e. The van der Waals surface area contributed by atoms with Crippen LogP contribution in [0.15, 0.2) is 0 Å². The summed E-state index contributed by atoms with van der Waals surface area (Å²) in [6, 6.07) is -14.6. The van der Waals surface area contributed by atoms with Gasteiger partial charge in [-0.15, -0.1) is 0 Å². The van der Waals surface area contributed by atoms with Crippen molar-refractivity contribution in [3.8, 4) is 0 Å². The summed E-state index contributed by atoms with van der Waals surface area (Å²) in [6.45, 7) is 16.5. The minimum absolute atomic E-state index is 0.0103. The van der Waals surface area contributed by atoms with Gasteiger partial charge in [0.2, 0.25) is 70.9 Å². The van der Waals surface area contributed by atoms with E-state index in [1.807, 2.05) is 0 Å². The molecule has 0 aromatic heterocycles. The van der Waals surface area contributed by atoms with Gasteiger partial charge in [0.1, 0.15) is 60.4 Å². The second-order valence-corrected chi connectivity index (χ2v) is 24.3. The largest absolute Gasteiger partial charge is 0.480 e. The van der Waals surface area contributed by atoms with Crippen LogP contribution in [0, 0.1) is 29.6 Å². The van der Waals surface area contributed by atoms with Crippen molar-refractivity contribution in [2.24, 2.45) is 41.1 Å². The molecular formula is C56H97N13O17. The van der Waals surface area contributed by atoms with Crippen LogP contribution in [-0.2, 0) is 62.3 Å². The number of aliphatic hydroxyl groups excluding tert-OH is 3. The van der Waals surface area contributed by atoms with Crippen molar-refractivity contribution in [3.05, 3.63) is 0 Å². The Morgan fingerprint density at radius 1 is 0.500 bits per heavy atom. The Bertz CT molecular complexity index is 2370. The monoisotopic (exact) mass is 1220 g/mol. The Balaban J connectivity index is 2.25. The third kappa shape index (κ3) is 24.4. The number of carboxylic acid groups (broad SMARTS) is 1. The van der Waals surface area contributed by atoms with Crippen molar-refractivity contribution in [2.45, 2.75) is 213 Å². The van der Waals surface area contributed by atoms with Crippen LogP contribution in [0.1, 0.15) is 140 Å². The van der Waals surface area contributed by atoms with Crippen LogP contribution < -0.4 is 59.3 Å². The first-order chi connectivity index (χ1) is 40.1. The molecule has 12 atom stereocenters. The molecule has 0 aromatic rings. The molecule has 2 fully saturated rings. The maximum atomic E-state index is 14.2. The quantitative estimate of drug-likeness (QED) is 0.0283. The second kappa shape index (κ2) is 36.2. The summed E-state index contributed by atoms with van der Waals surface area (Å²) in [7, 11) is 0. The third-order valence-corrected chi connectivity index (χ3v) is 14.5. The molecule has 2 rings (SSSR count). The van der Waals surface area contributed by atoms with Gasteiger partial charge in [-0.3, -0.25) is 57.5 Å². The highest BCUT2D eigenvalue weighted by molar-refractivity contribution is 5.99. The standard InChI is InChI=1S/C56H97N13O17/c1-27(2)20-34(46(75)59-24-43(74)60-33(16-17-42(57)73)47(76)61-35(21-28(3)4)48(77)62-36(22-29(5)6)49(78)66-39(26-71)56(85)86)64-53(82)45(32(11)72)67-50(79)37(23-30(7)8)63-51(80)40-14-12-18-68(40)55(84)41-15-13-19-69(41)54(83)38(25-70)65-52(81)44(58)31(9)10/h27-41,44-45,70-72H,12-26,58H2,1-11H3,(H2,57,73)(H,59,75)(H,60,74)(H,61,76)(H,62,77)(H,63,80)(H,64,82)(H,65,81)(H,66,78)(H,67,79)(H,85,86). The zero-order valence-electron chi connectivity index (χ0n) is 51.6. The lowest BCUT2D eigenvalue weighted by molar-refractivity contribution is -0.148. The molecule has 488 valence electrons. The van der Waals surface area contributed by atoms with Crippen molar-refractivity contribution >= 4 is 76.9 Å². The zero-order chi connectivity index (χ0) is 65.4. The number of carboxylic acids is 1. The van der Waals surface area contributed by atoms with Gasteiger partial charge in [0.15, 0.2) is 0 Å². The first-order valence-corrected chi connectivity index (χ1v) is 29.6. The molecule has 86 heavy (non-hydrogen) atoms. The van der Waals surface area contributed by atoms with Gasteiger partial charge in [0.25, 0.3) is 0 Å². The Morgan fingerprint density at radius 2 is 0.919 bits per heavy atom. The van der Waals surface area contributed by atoms with Crippen molar-refractivity contribution in [1.82, 2.24) is 57.7 Å². The minimum Gasteiger partial charge on any atom is -0.480 e. The number of aliphatic carboxylic acids is 1. The molecule has 0 radical (unpaired) electrons. The van der Waals surface area contributed by atoms with Gasteiger partial charge >= 0.3 is 5.97 Å². The summed E-state index contributed by atoms with van der Waals surface area (Å²) < 4.78 is 0. The number of likely N-dealkylation sites (tertiary alicyclic amines) is 2. The lowest BCUT2D eigenvalue weighted by Crippen LogP contribution is -2.61. The fourth-order valence-corrected chi connectivity index (χ4v) is 9.83. The molecule has 2 aliphatic heterocycles. The van der Waals surface area contributed by atoms with E-state index in [-0.39, 0.29) is 87.6 Å². The number of hydrogen-bond donors (Lipinski definition) is 15. The predicted molar refractivity (Wildman–Crippen MR) is 310 cm³/mol. The maximum Gasteiger partial charge on any atom is 0.328 e. The van der Waals surface area contributed by atoms with Crippen molar-refractivity contribution in [3.63, 3.8) is 0 Å². The van der Waals surface area contributed by atoms with Crippen LogP contribution in [0.2, 0.25) is 0 Å². The molecule has 0 aromatic carbocycles. The first-order valence-electron chi connectivity index (χ1n) is 29.6. The fraction of sp³-hybridized carbons (Fsp3) is 0.768. The fourth-order valence-electron chi connectivity index (χ4n) is 9.83. The van der Waals surface area contributed by atoms with E-state index < -0.39 is 176 Å². The minimum atomic E-state index is -1.70. The summed E-state index contributed by atoms with van der Waals surface area (Å²) >= 11 is 0. The molecule has 2 aliphatic rings. The Labute approximate surface area is 502 Å². The second-order valence-electron chi connectivity index (χ2n) is 24.3. The van der Waals surface area contributed by atoms with E-state index in [1.165, 1.54) is 16.7 Å². The van der Waals surface area contributed by atoms with Gasteiger partial charge in [-0.25, -0.2) is 4.79 Å². The van der Waals surface area contributed by atoms with Gasteiger partial charge < -0.3 is 89.5 Å². The number of hydrogen-bond acceptors (Lipinski definition) is 17. The highest BCUT2D eigenvalue weighted by Gasteiger charge is 2.45. The molecule has 12 amide bonds. The number of primary amides is 1. The van der Waals surface area contributed by atoms with E-state index in [0.717, 1.165) is 0 Å². The van der Waals surface area contributed by atoms with Crippen LogP contribution in [0.3, 0.4) is 0 Å². The lowest BCUT2D eigenvalue weighted by Gasteiger charge is -2.33. The van der Waals surface area contributed by atoms with Crippen LogP contribution in [0.4, 0.5) is 0 Å². The topological polar surface area (TPSA) is 470 Å². The van der Waals surface area contributed by atoms with Gasteiger partial charge in [0.05, 0.1) is 31.9 Å². The number of carbonyl (C=O) groups excluding carboxylic acids is 12. The van der Waals surface area contributed by atoms with Crippen LogP contribution >= 0.6 is 0 Å². The average molecular weight is 1220 g/mol. The number of nitrogens with one attached hydrogen (secondary N) is 9. The molecule has 30 heteroatoms. The Morgan fingerprint density at radius 3 is 1.37 bits per heavy atom. The summed E-state index contributed by atoms with van der Waals surface area (Å²) in [4.78, 5) is 177. The SMILES string of the molecule is CC(C)CC(NC(=O)C(CC(C)C)NC(=O)C(CCC(N)=O)NC(=O)CNC(=O)C(CC(C)C)NC(=O)C(NC(=O)C(CC(C)C)NC(=O)C1CCCN1C(=O)C1CCCN1C(=O)C(CO)NC(=O)C(N)C(C)C)C(C)O)C(=O)NC(CO)C(=O)O. The van der Waals surface area contributed by atoms with Crippen LogP contribution in [0.25, 0.3) is 0 Å². The first kappa shape index (κ1) is 75.0. The van der Waals surface area contributed by atoms with E-state index >= 15 is 0 Å². The highest BCUT2D eigenvalue weighted by atomic mass is 16.4. The van der Waals surface area contributed by atoms with Crippen molar-refractivity contribution in [1.29, 1.82) is 0 Å². The molecule has 0 aliphatic carbocycles. The summed E-state index contributed by atoms with van der Waals surface area (Å²) in [6.07, 6.45) is -1.00. The van der Waals surface area contributed by atoms with Gasteiger partial charge in [-0.2, -0.15) is 0 Å². The van der Waals surface area contributed by atoms with Gasteiger partial charge in [-0.1, -0.05) is 69.2 Å². The van der Waals surface area contributed by atoms with E-state index in [2.05, 4.69) is 47.9 Å². The molecule has 12 unspecified atom stereocenters. The normalized spacial score (nSPS) is 18.6. The molecule has 17 N–H and O–H groups in total. The summed E-state index contributed by atoms with van der Waals surface area (Å²) in [5.74, 6) is -12.5. The summed E-state index contributed by atoms with van der Waals surface area (Å²) in [5.41, 5.74) is 11.3. The zero-order valence-corrected chi connectivity index (χ0v) is 51.6. The predicted octanol–water partition coefficient (Wildman–Crippen LogP) is -4.15. The molecule has 2 saturated heterocycles. The van der Waals surface area contributed by atoms with E-state index in [9.17, 15) is 82.8 Å². The molecule has 30 nitrogen and oxygen atoms in total. The molecule has 0 saturated carbocycles.